The summed E-state index contributed by atoms with van der Waals surface area (Å²) in [6.07, 6.45) is 5.16. The van der Waals surface area contributed by atoms with Crippen LogP contribution in [0.3, 0.4) is 0 Å². The molecule has 1 aliphatic rings. The number of hydrogen-bond acceptors (Lipinski definition) is 6. The van der Waals surface area contributed by atoms with E-state index in [1.54, 1.807) is 12.2 Å². The first-order chi connectivity index (χ1) is 16.1. The Labute approximate surface area is 196 Å². The summed E-state index contributed by atoms with van der Waals surface area (Å²) < 4.78 is 7.38. The molecule has 9 heteroatoms. The molecule has 0 bridgehead atoms. The third-order valence-electron chi connectivity index (χ3n) is 5.91. The normalized spacial score (nSPS) is 16.0. The highest BCUT2D eigenvalue weighted by Crippen LogP contribution is 2.24. The highest BCUT2D eigenvalue weighted by atomic mass is 35.5. The molecule has 168 valence electrons. The maximum absolute atomic E-state index is 12.8. The van der Waals surface area contributed by atoms with Crippen LogP contribution in [0.2, 0.25) is 5.15 Å². The van der Waals surface area contributed by atoms with Crippen LogP contribution in [0.15, 0.2) is 65.3 Å². The third-order valence-corrected chi connectivity index (χ3v) is 6.19. The fourth-order valence-corrected chi connectivity index (χ4v) is 4.23. The van der Waals surface area contributed by atoms with Crippen LogP contribution in [0.1, 0.15) is 24.6 Å². The summed E-state index contributed by atoms with van der Waals surface area (Å²) in [5.41, 5.74) is 2.36. The predicted octanol–water partition coefficient (Wildman–Crippen LogP) is 3.96. The average molecular weight is 463 g/mol. The fourth-order valence-electron chi connectivity index (χ4n) is 3.99. The lowest BCUT2D eigenvalue weighted by atomic mass is 10.2. The van der Waals surface area contributed by atoms with Gasteiger partial charge in [-0.15, -0.1) is 0 Å². The van der Waals surface area contributed by atoms with Gasteiger partial charge in [-0.1, -0.05) is 53.2 Å². The maximum atomic E-state index is 12.8. The Bertz CT molecular complexity index is 1290. The average Bonchev–Trinajstić information content (AvgIpc) is 3.47. The molecule has 0 saturated carbocycles. The first-order valence-electron chi connectivity index (χ1n) is 10.8. The zero-order chi connectivity index (χ0) is 22.8. The van der Waals surface area contributed by atoms with E-state index in [9.17, 15) is 4.79 Å². The number of fused-ring (bicyclic) bond motifs is 1. The highest BCUT2D eigenvalue weighted by Gasteiger charge is 2.27. The number of piperazine rings is 1. The molecule has 1 unspecified atom stereocenters. The second kappa shape index (κ2) is 9.17. The van der Waals surface area contributed by atoms with Gasteiger partial charge in [-0.2, -0.15) is 4.98 Å². The molecule has 3 aromatic heterocycles. The number of nitrogens with zero attached hydrogens (tertiary/aromatic N) is 6. The molecular weight excluding hydrogens is 440 g/mol. The third kappa shape index (κ3) is 4.40. The zero-order valence-corrected chi connectivity index (χ0v) is 18.9. The van der Waals surface area contributed by atoms with Crippen molar-refractivity contribution in [1.29, 1.82) is 0 Å². The van der Waals surface area contributed by atoms with Gasteiger partial charge in [0.2, 0.25) is 17.6 Å². The number of carbonyl (C=O) groups is 1. The number of hydrogen-bond donors (Lipinski definition) is 0. The Hall–Kier alpha value is -3.49. The summed E-state index contributed by atoms with van der Waals surface area (Å²) in [5, 5.41) is 4.49. The summed E-state index contributed by atoms with van der Waals surface area (Å²) in [4.78, 5) is 25.7. The van der Waals surface area contributed by atoms with Crippen LogP contribution in [0.4, 0.5) is 0 Å². The highest BCUT2D eigenvalue weighted by molar-refractivity contribution is 6.31. The number of carbonyl (C=O) groups excluding carboxylic acids is 1. The molecule has 1 atom stereocenters. The molecule has 4 heterocycles. The SMILES string of the molecule is CC(c1nc(-c2ccccc2)no1)N1CCN(C(=O)/C=C/c2c(Cl)nc3ccccn23)CC1. The van der Waals surface area contributed by atoms with Gasteiger partial charge in [0, 0.05) is 44.0 Å². The number of amides is 1. The van der Waals surface area contributed by atoms with E-state index in [-0.39, 0.29) is 11.9 Å². The molecule has 1 aromatic carbocycles. The minimum Gasteiger partial charge on any atom is -0.337 e. The van der Waals surface area contributed by atoms with Crippen LogP contribution in [0.5, 0.6) is 0 Å². The molecule has 1 amide bonds. The maximum Gasteiger partial charge on any atom is 0.246 e. The number of aromatic nitrogens is 4. The standard InChI is InChI=1S/C24H23ClN6O2/c1-17(24-27-23(28-33-24)18-7-3-2-4-8-18)29-13-15-30(16-14-29)21(32)11-10-19-22(25)26-20-9-5-6-12-31(19)20/h2-12,17H,13-16H2,1H3/b11-10+. The predicted molar refractivity (Wildman–Crippen MR) is 126 cm³/mol. The monoisotopic (exact) mass is 462 g/mol. The van der Waals surface area contributed by atoms with Crippen molar-refractivity contribution >= 4 is 29.2 Å². The second-order valence-corrected chi connectivity index (χ2v) is 8.27. The Balaban J connectivity index is 1.20. The molecule has 0 spiro atoms. The molecule has 33 heavy (non-hydrogen) atoms. The van der Waals surface area contributed by atoms with Gasteiger partial charge in [0.25, 0.3) is 0 Å². The van der Waals surface area contributed by atoms with Crippen molar-refractivity contribution in [1.82, 2.24) is 29.3 Å². The van der Waals surface area contributed by atoms with Gasteiger partial charge >= 0.3 is 0 Å². The lowest BCUT2D eigenvalue weighted by molar-refractivity contribution is -0.128. The van der Waals surface area contributed by atoms with Gasteiger partial charge in [0.05, 0.1) is 11.7 Å². The van der Waals surface area contributed by atoms with Crippen molar-refractivity contribution < 1.29 is 9.32 Å². The van der Waals surface area contributed by atoms with E-state index < -0.39 is 0 Å². The van der Waals surface area contributed by atoms with Crippen molar-refractivity contribution in [2.45, 2.75) is 13.0 Å². The van der Waals surface area contributed by atoms with Gasteiger partial charge in [0.1, 0.15) is 5.65 Å². The van der Waals surface area contributed by atoms with Crippen LogP contribution >= 0.6 is 11.6 Å². The molecule has 1 aliphatic heterocycles. The summed E-state index contributed by atoms with van der Waals surface area (Å²) >= 11 is 6.26. The lowest BCUT2D eigenvalue weighted by Gasteiger charge is -2.36. The largest absolute Gasteiger partial charge is 0.337 e. The van der Waals surface area contributed by atoms with Crippen molar-refractivity contribution in [3.8, 4) is 11.4 Å². The number of benzene rings is 1. The van der Waals surface area contributed by atoms with Gasteiger partial charge in [-0.25, -0.2) is 4.98 Å². The smallest absolute Gasteiger partial charge is 0.246 e. The summed E-state index contributed by atoms with van der Waals surface area (Å²) in [6.45, 7) is 4.73. The summed E-state index contributed by atoms with van der Waals surface area (Å²) in [6, 6.07) is 15.4. The minimum absolute atomic E-state index is 0.0280. The van der Waals surface area contributed by atoms with Crippen LogP contribution in [0, 0.1) is 0 Å². The van der Waals surface area contributed by atoms with Crippen molar-refractivity contribution in [2.24, 2.45) is 0 Å². The molecule has 5 rings (SSSR count). The van der Waals surface area contributed by atoms with E-state index in [1.807, 2.05) is 71.0 Å². The minimum atomic E-state index is -0.0478. The molecular formula is C24H23ClN6O2. The van der Waals surface area contributed by atoms with E-state index in [1.165, 1.54) is 0 Å². The number of imidazole rings is 1. The van der Waals surface area contributed by atoms with Crippen LogP contribution < -0.4 is 0 Å². The first kappa shape index (κ1) is 21.4. The van der Waals surface area contributed by atoms with Crippen LogP contribution in [0.25, 0.3) is 23.1 Å². The topological polar surface area (TPSA) is 79.8 Å². The molecule has 4 aromatic rings. The van der Waals surface area contributed by atoms with E-state index in [2.05, 4.69) is 20.0 Å². The first-order valence-corrected chi connectivity index (χ1v) is 11.2. The molecule has 0 N–H and O–H groups in total. The summed E-state index contributed by atoms with van der Waals surface area (Å²) in [5.74, 6) is 1.12. The molecule has 0 radical (unpaired) electrons. The van der Waals surface area contributed by atoms with Crippen LogP contribution in [-0.2, 0) is 4.79 Å². The Kier molecular flexibility index (Phi) is 5.93. The van der Waals surface area contributed by atoms with Gasteiger partial charge in [-0.3, -0.25) is 14.1 Å². The quantitative estimate of drug-likeness (QED) is 0.418. The molecule has 8 nitrogen and oxygen atoms in total. The summed E-state index contributed by atoms with van der Waals surface area (Å²) in [7, 11) is 0. The Morgan fingerprint density at radius 2 is 1.82 bits per heavy atom. The van der Waals surface area contributed by atoms with E-state index >= 15 is 0 Å². The zero-order valence-electron chi connectivity index (χ0n) is 18.1. The van der Waals surface area contributed by atoms with Crippen molar-refractivity contribution in [3.63, 3.8) is 0 Å². The van der Waals surface area contributed by atoms with Crippen molar-refractivity contribution in [3.05, 3.63) is 77.5 Å². The Morgan fingerprint density at radius 1 is 1.06 bits per heavy atom. The molecule has 1 fully saturated rings. The van der Waals surface area contributed by atoms with E-state index in [0.29, 0.717) is 35.7 Å². The van der Waals surface area contributed by atoms with E-state index in [4.69, 9.17) is 16.1 Å². The fraction of sp³-hybridized carbons (Fsp3) is 0.250. The van der Waals surface area contributed by atoms with Gasteiger partial charge in [0.15, 0.2) is 5.15 Å². The van der Waals surface area contributed by atoms with Gasteiger partial charge < -0.3 is 9.42 Å². The number of pyridine rings is 1. The van der Waals surface area contributed by atoms with Gasteiger partial charge in [-0.05, 0) is 25.1 Å². The van der Waals surface area contributed by atoms with E-state index in [0.717, 1.165) is 24.3 Å². The Morgan fingerprint density at radius 3 is 2.61 bits per heavy atom. The van der Waals surface area contributed by atoms with Crippen molar-refractivity contribution in [2.75, 3.05) is 26.2 Å². The number of rotatable bonds is 5. The van der Waals surface area contributed by atoms with Crippen LogP contribution in [-0.4, -0.2) is 61.4 Å². The molecule has 0 aliphatic carbocycles. The lowest BCUT2D eigenvalue weighted by Crippen LogP contribution is -2.48. The molecule has 1 saturated heterocycles. The number of halogens is 1. The second-order valence-electron chi connectivity index (χ2n) is 7.91.